The molecular weight excluding hydrogens is 294 g/mol. The summed E-state index contributed by atoms with van der Waals surface area (Å²) in [6.45, 7) is 3.68. The van der Waals surface area contributed by atoms with Crippen molar-refractivity contribution < 1.29 is 9.94 Å². The average Bonchev–Trinajstić information content (AvgIpc) is 2.50. The molecule has 7 heteroatoms. The van der Waals surface area contributed by atoms with Crippen molar-refractivity contribution in [2.75, 3.05) is 12.3 Å². The molecule has 0 bridgehead atoms. The van der Waals surface area contributed by atoms with Gasteiger partial charge in [0.05, 0.1) is 11.4 Å². The molecule has 0 saturated heterocycles. The first kappa shape index (κ1) is 14.8. The van der Waals surface area contributed by atoms with E-state index in [1.807, 2.05) is 19.9 Å². The molecule has 1 aromatic carbocycles. The van der Waals surface area contributed by atoms with Crippen molar-refractivity contribution in [2.24, 2.45) is 5.16 Å². The number of phenolic OH excluding ortho intramolecular Hbond substituents is 1. The molecule has 116 valence electrons. The van der Waals surface area contributed by atoms with Gasteiger partial charge in [0.2, 0.25) is 6.61 Å². The number of phenols is 1. The van der Waals surface area contributed by atoms with Gasteiger partial charge in [-0.05, 0) is 32.0 Å². The highest BCUT2D eigenvalue weighted by Gasteiger charge is 2.40. The molecule has 1 aromatic heterocycles. The van der Waals surface area contributed by atoms with Crippen molar-refractivity contribution in [3.05, 3.63) is 35.7 Å². The Bertz CT molecular complexity index is 852. The van der Waals surface area contributed by atoms with Crippen LogP contribution in [0.2, 0.25) is 0 Å². The molecule has 0 spiro atoms. The van der Waals surface area contributed by atoms with E-state index in [1.165, 1.54) is 6.33 Å². The summed E-state index contributed by atoms with van der Waals surface area (Å²) >= 11 is 0. The Labute approximate surface area is 133 Å². The number of nitrogens with zero attached hydrogens (tertiary/aromatic N) is 4. The molecule has 7 nitrogen and oxygen atoms in total. The second-order valence-corrected chi connectivity index (χ2v) is 5.71. The first-order valence-corrected chi connectivity index (χ1v) is 6.99. The number of fused-ring (bicyclic) bond motifs is 3. The third-order valence-electron chi connectivity index (χ3n) is 3.89. The van der Waals surface area contributed by atoms with Crippen LogP contribution in [-0.4, -0.2) is 27.4 Å². The lowest BCUT2D eigenvalue weighted by Crippen LogP contribution is -2.36. The molecule has 0 unspecified atom stereocenters. The number of aromatic hydroxyl groups is 1. The van der Waals surface area contributed by atoms with Crippen molar-refractivity contribution in [3.8, 4) is 23.1 Å². The maximum Gasteiger partial charge on any atom is 0.202 e. The van der Waals surface area contributed by atoms with E-state index in [0.29, 0.717) is 22.8 Å². The van der Waals surface area contributed by atoms with E-state index in [2.05, 4.69) is 15.1 Å². The number of nitriles is 1. The van der Waals surface area contributed by atoms with Gasteiger partial charge in [-0.2, -0.15) is 5.26 Å². The summed E-state index contributed by atoms with van der Waals surface area (Å²) in [6.07, 6.45) is 1.41. The minimum Gasteiger partial charge on any atom is -0.508 e. The molecule has 3 rings (SSSR count). The zero-order chi connectivity index (χ0) is 16.6. The first-order valence-electron chi connectivity index (χ1n) is 6.99. The summed E-state index contributed by atoms with van der Waals surface area (Å²) in [5, 5.41) is 22.6. The van der Waals surface area contributed by atoms with Gasteiger partial charge >= 0.3 is 0 Å². The third-order valence-corrected chi connectivity index (χ3v) is 3.89. The fourth-order valence-electron chi connectivity index (χ4n) is 2.90. The van der Waals surface area contributed by atoms with Crippen molar-refractivity contribution in [1.29, 1.82) is 5.26 Å². The standard InChI is InChI=1S/C16H15N5O2/c1-16(2)12-13(19-8-20-15(12)18)10-4-3-9(22)7-11(10)14(16)21-23-6-5-17/h3-4,7-8,22H,6H2,1-2H3,(H2,18,19,20)/b21-14+. The topological polar surface area (TPSA) is 117 Å². The van der Waals surface area contributed by atoms with Crippen LogP contribution in [0, 0.1) is 11.3 Å². The second kappa shape index (κ2) is 5.25. The first-order chi connectivity index (χ1) is 11.0. The minimum atomic E-state index is -0.642. The predicted octanol–water partition coefficient (Wildman–Crippen LogP) is 1.97. The van der Waals surface area contributed by atoms with Gasteiger partial charge < -0.3 is 15.7 Å². The van der Waals surface area contributed by atoms with Crippen LogP contribution in [0.1, 0.15) is 25.0 Å². The van der Waals surface area contributed by atoms with E-state index in [9.17, 15) is 5.11 Å². The second-order valence-electron chi connectivity index (χ2n) is 5.71. The highest BCUT2D eigenvalue weighted by Crippen LogP contribution is 2.45. The van der Waals surface area contributed by atoms with Crippen molar-refractivity contribution in [2.45, 2.75) is 19.3 Å². The molecule has 1 heterocycles. The number of benzene rings is 1. The van der Waals surface area contributed by atoms with Crippen LogP contribution in [0.15, 0.2) is 29.7 Å². The van der Waals surface area contributed by atoms with E-state index in [4.69, 9.17) is 15.8 Å². The highest BCUT2D eigenvalue weighted by molar-refractivity contribution is 6.15. The van der Waals surface area contributed by atoms with Crippen LogP contribution in [-0.2, 0) is 10.3 Å². The van der Waals surface area contributed by atoms with E-state index in [-0.39, 0.29) is 12.4 Å². The molecule has 1 aliphatic carbocycles. The predicted molar refractivity (Wildman–Crippen MR) is 84.7 cm³/mol. The van der Waals surface area contributed by atoms with Crippen LogP contribution >= 0.6 is 0 Å². The van der Waals surface area contributed by atoms with Gasteiger partial charge in [-0.15, -0.1) is 0 Å². The summed E-state index contributed by atoms with van der Waals surface area (Å²) in [7, 11) is 0. The van der Waals surface area contributed by atoms with Crippen molar-refractivity contribution in [3.63, 3.8) is 0 Å². The lowest BCUT2D eigenvalue weighted by atomic mass is 9.70. The summed E-state index contributed by atoms with van der Waals surface area (Å²) in [5.74, 6) is 0.477. The van der Waals surface area contributed by atoms with Gasteiger partial charge in [0.15, 0.2) is 0 Å². The van der Waals surface area contributed by atoms with Crippen LogP contribution in [0.5, 0.6) is 5.75 Å². The largest absolute Gasteiger partial charge is 0.508 e. The lowest BCUT2D eigenvalue weighted by molar-refractivity contribution is 0.176. The molecule has 0 amide bonds. The lowest BCUT2D eigenvalue weighted by Gasteiger charge is -2.34. The van der Waals surface area contributed by atoms with Gasteiger partial charge in [0.1, 0.15) is 24.0 Å². The number of rotatable bonds is 2. The van der Waals surface area contributed by atoms with Crippen LogP contribution in [0.25, 0.3) is 11.3 Å². The van der Waals surface area contributed by atoms with E-state index in [0.717, 1.165) is 11.1 Å². The molecular formula is C16H15N5O2. The molecule has 0 aliphatic heterocycles. The van der Waals surface area contributed by atoms with Crippen molar-refractivity contribution >= 4 is 11.5 Å². The quantitative estimate of drug-likeness (QED) is 0.647. The monoisotopic (exact) mass is 309 g/mol. The number of nitrogens with two attached hydrogens (primary N) is 1. The highest BCUT2D eigenvalue weighted by atomic mass is 16.6. The molecule has 0 saturated carbocycles. The Morgan fingerprint density at radius 1 is 1.35 bits per heavy atom. The molecule has 1 aliphatic rings. The number of nitrogen functional groups attached to an aromatic ring is 1. The number of aromatic nitrogens is 2. The summed E-state index contributed by atoms with van der Waals surface area (Å²) in [5.41, 5.74) is 8.92. The zero-order valence-corrected chi connectivity index (χ0v) is 12.7. The summed E-state index contributed by atoms with van der Waals surface area (Å²) in [4.78, 5) is 13.5. The molecule has 0 radical (unpaired) electrons. The van der Waals surface area contributed by atoms with E-state index in [1.54, 1.807) is 18.2 Å². The Morgan fingerprint density at radius 3 is 2.87 bits per heavy atom. The van der Waals surface area contributed by atoms with Crippen LogP contribution in [0.4, 0.5) is 5.82 Å². The van der Waals surface area contributed by atoms with Gasteiger partial charge in [-0.25, -0.2) is 9.97 Å². The van der Waals surface area contributed by atoms with Crippen molar-refractivity contribution in [1.82, 2.24) is 9.97 Å². The molecule has 0 fully saturated rings. The Hall–Kier alpha value is -3.14. The number of hydrogen-bond acceptors (Lipinski definition) is 7. The molecule has 0 atom stereocenters. The molecule has 3 N–H and O–H groups in total. The maximum atomic E-state index is 9.84. The Morgan fingerprint density at radius 2 is 2.13 bits per heavy atom. The minimum absolute atomic E-state index is 0.109. The smallest absolute Gasteiger partial charge is 0.202 e. The fraction of sp³-hybridized carbons (Fsp3) is 0.250. The normalized spacial score (nSPS) is 16.3. The Kier molecular flexibility index (Phi) is 3.37. The molecule has 2 aromatic rings. The van der Waals surface area contributed by atoms with Gasteiger partial charge in [-0.1, -0.05) is 5.16 Å². The number of hydrogen-bond donors (Lipinski definition) is 2. The molecule has 23 heavy (non-hydrogen) atoms. The number of oxime groups is 1. The average molecular weight is 309 g/mol. The summed E-state index contributed by atoms with van der Waals surface area (Å²) in [6, 6.07) is 6.81. The van der Waals surface area contributed by atoms with Gasteiger partial charge in [0.25, 0.3) is 0 Å². The van der Waals surface area contributed by atoms with E-state index < -0.39 is 5.41 Å². The van der Waals surface area contributed by atoms with Gasteiger partial charge in [0, 0.05) is 22.1 Å². The fourth-order valence-corrected chi connectivity index (χ4v) is 2.90. The zero-order valence-electron chi connectivity index (χ0n) is 12.7. The van der Waals surface area contributed by atoms with Gasteiger partial charge in [-0.3, -0.25) is 0 Å². The number of anilines is 1. The Balaban J connectivity index is 2.32. The summed E-state index contributed by atoms with van der Waals surface area (Å²) < 4.78 is 0. The SMILES string of the molecule is CC1(C)/C(=N/OCC#N)c2cc(O)ccc2-c2ncnc(N)c21. The third kappa shape index (κ3) is 2.25. The van der Waals surface area contributed by atoms with Crippen LogP contribution < -0.4 is 5.73 Å². The maximum absolute atomic E-state index is 9.84. The van der Waals surface area contributed by atoms with Crippen LogP contribution in [0.3, 0.4) is 0 Å². The van der Waals surface area contributed by atoms with E-state index >= 15 is 0 Å².